The first-order valence-electron chi connectivity index (χ1n) is 3.30. The van der Waals surface area contributed by atoms with Crippen molar-refractivity contribution in [2.75, 3.05) is 0 Å². The van der Waals surface area contributed by atoms with Gasteiger partial charge in [0, 0.05) is 0 Å². The molecule has 0 fully saturated rings. The Morgan fingerprint density at radius 1 is 1.38 bits per heavy atom. The Balaban J connectivity index is 0.00000144. The maximum absolute atomic E-state index is 10.4. The summed E-state index contributed by atoms with van der Waals surface area (Å²) in [6.45, 7) is 0. The van der Waals surface area contributed by atoms with Crippen LogP contribution in [0.4, 0.5) is 0 Å². The fourth-order valence-corrected chi connectivity index (χ4v) is 0.798. The van der Waals surface area contributed by atoms with Gasteiger partial charge < -0.3 is 10.9 Å². The Morgan fingerprint density at radius 3 is 2.31 bits per heavy atom. The van der Waals surface area contributed by atoms with E-state index in [9.17, 15) is 4.79 Å². The minimum Gasteiger partial charge on any atom is -0.478 e. The fraction of sp³-hybridized carbons (Fsp3) is 0. The Hall–Kier alpha value is -1.55. The van der Waals surface area contributed by atoms with Gasteiger partial charge >= 0.3 is 5.97 Å². The van der Waals surface area contributed by atoms with E-state index in [-0.39, 0.29) is 18.0 Å². The predicted octanol–water partition coefficient (Wildman–Crippen LogP) is 1.10. The van der Waals surface area contributed by atoms with Crippen molar-refractivity contribution in [3.8, 4) is 0 Å². The van der Waals surface area contributed by atoms with Crippen LogP contribution in [0.15, 0.2) is 29.4 Å². The van der Waals surface area contributed by atoms with Crippen LogP contribution in [0.5, 0.6) is 0 Å². The molecule has 1 aromatic carbocycles. The molecular formula is C8H9ClN2O2. The van der Waals surface area contributed by atoms with Crippen molar-refractivity contribution in [3.05, 3.63) is 35.4 Å². The van der Waals surface area contributed by atoms with Gasteiger partial charge in [0.15, 0.2) is 0 Å². The van der Waals surface area contributed by atoms with E-state index in [4.69, 9.17) is 10.9 Å². The molecule has 0 aliphatic carbocycles. The Morgan fingerprint density at radius 2 is 1.92 bits per heavy atom. The predicted molar refractivity (Wildman–Crippen MR) is 52.4 cm³/mol. The molecule has 1 aromatic rings. The Labute approximate surface area is 81.5 Å². The lowest BCUT2D eigenvalue weighted by Crippen LogP contribution is -1.96. The molecule has 0 unspecified atom stereocenters. The normalized spacial score (nSPS) is 9.54. The molecule has 0 aromatic heterocycles. The van der Waals surface area contributed by atoms with E-state index < -0.39 is 5.97 Å². The summed E-state index contributed by atoms with van der Waals surface area (Å²) in [4.78, 5) is 10.4. The smallest absolute Gasteiger partial charge is 0.335 e. The Bertz CT molecular complexity index is 308. The summed E-state index contributed by atoms with van der Waals surface area (Å²) in [6.07, 6.45) is 1.45. The molecule has 0 saturated heterocycles. The molecule has 13 heavy (non-hydrogen) atoms. The van der Waals surface area contributed by atoms with E-state index in [1.807, 2.05) is 0 Å². The lowest BCUT2D eigenvalue weighted by Gasteiger charge is -1.93. The third-order valence-electron chi connectivity index (χ3n) is 1.38. The average Bonchev–Trinajstić information content (AvgIpc) is 2.06. The van der Waals surface area contributed by atoms with Crippen LogP contribution in [0.1, 0.15) is 15.9 Å². The summed E-state index contributed by atoms with van der Waals surface area (Å²) in [5.41, 5.74) is 1.03. The average molecular weight is 201 g/mol. The highest BCUT2D eigenvalue weighted by atomic mass is 35.5. The molecule has 0 spiro atoms. The lowest BCUT2D eigenvalue weighted by molar-refractivity contribution is 0.0697. The lowest BCUT2D eigenvalue weighted by atomic mass is 10.1. The summed E-state index contributed by atoms with van der Waals surface area (Å²) >= 11 is 0. The van der Waals surface area contributed by atoms with Crippen molar-refractivity contribution >= 4 is 24.6 Å². The van der Waals surface area contributed by atoms with Crippen LogP contribution in [0.25, 0.3) is 0 Å². The quantitative estimate of drug-likeness (QED) is 0.427. The van der Waals surface area contributed by atoms with Crippen LogP contribution in [0.3, 0.4) is 0 Å². The van der Waals surface area contributed by atoms with Crippen molar-refractivity contribution < 1.29 is 9.90 Å². The molecule has 0 radical (unpaired) electrons. The van der Waals surface area contributed by atoms with Crippen LogP contribution in [0.2, 0.25) is 0 Å². The second-order valence-corrected chi connectivity index (χ2v) is 2.21. The molecule has 0 aliphatic heterocycles. The van der Waals surface area contributed by atoms with E-state index in [2.05, 4.69) is 5.10 Å². The van der Waals surface area contributed by atoms with E-state index >= 15 is 0 Å². The van der Waals surface area contributed by atoms with Crippen molar-refractivity contribution in [2.24, 2.45) is 10.9 Å². The first-order valence-corrected chi connectivity index (χ1v) is 3.30. The molecule has 0 bridgehead atoms. The number of nitrogens with two attached hydrogens (primary N) is 1. The molecule has 0 aliphatic rings. The number of carboxylic acid groups (broad SMARTS) is 1. The highest BCUT2D eigenvalue weighted by Crippen LogP contribution is 2.01. The van der Waals surface area contributed by atoms with Gasteiger partial charge in [0.25, 0.3) is 0 Å². The molecule has 1 rings (SSSR count). The van der Waals surface area contributed by atoms with Gasteiger partial charge in [-0.15, -0.1) is 12.4 Å². The van der Waals surface area contributed by atoms with Gasteiger partial charge in [0.2, 0.25) is 0 Å². The summed E-state index contributed by atoms with van der Waals surface area (Å²) in [7, 11) is 0. The number of hydrogen-bond donors (Lipinski definition) is 2. The number of aromatic carboxylic acids is 1. The highest BCUT2D eigenvalue weighted by molar-refractivity contribution is 5.89. The van der Waals surface area contributed by atoms with Gasteiger partial charge in [-0.05, 0) is 17.7 Å². The number of carboxylic acids is 1. The molecule has 5 heteroatoms. The number of halogens is 1. The standard InChI is InChI=1S/C8H8N2O2.ClH/c9-10-5-6-1-3-7(4-2-6)8(11)12;/h1-5H,9H2,(H,11,12);1H/b10-5-;. The number of hydrazone groups is 1. The molecule has 0 saturated carbocycles. The first kappa shape index (κ1) is 11.4. The zero-order chi connectivity index (χ0) is 8.97. The fourth-order valence-electron chi connectivity index (χ4n) is 0.798. The van der Waals surface area contributed by atoms with Crippen LogP contribution < -0.4 is 5.84 Å². The van der Waals surface area contributed by atoms with E-state index in [1.54, 1.807) is 12.1 Å². The SMILES string of the molecule is Cl.N/N=C\c1ccc(C(=O)O)cc1. The summed E-state index contributed by atoms with van der Waals surface area (Å²) < 4.78 is 0. The largest absolute Gasteiger partial charge is 0.478 e. The van der Waals surface area contributed by atoms with Crippen molar-refractivity contribution in [3.63, 3.8) is 0 Å². The molecule has 0 amide bonds. The van der Waals surface area contributed by atoms with Gasteiger partial charge in [-0.3, -0.25) is 0 Å². The van der Waals surface area contributed by atoms with Crippen molar-refractivity contribution in [2.45, 2.75) is 0 Å². The van der Waals surface area contributed by atoms with Crippen LogP contribution in [-0.2, 0) is 0 Å². The minimum atomic E-state index is -0.939. The maximum Gasteiger partial charge on any atom is 0.335 e. The molecule has 4 nitrogen and oxygen atoms in total. The van der Waals surface area contributed by atoms with Crippen molar-refractivity contribution in [1.29, 1.82) is 0 Å². The topological polar surface area (TPSA) is 75.7 Å². The number of benzene rings is 1. The zero-order valence-corrected chi connectivity index (χ0v) is 7.49. The Kier molecular flexibility index (Phi) is 4.54. The molecular weight excluding hydrogens is 192 g/mol. The van der Waals surface area contributed by atoms with Gasteiger partial charge in [-0.2, -0.15) is 5.10 Å². The third-order valence-corrected chi connectivity index (χ3v) is 1.38. The molecule has 70 valence electrons. The van der Waals surface area contributed by atoms with Gasteiger partial charge in [0.1, 0.15) is 0 Å². The number of carbonyl (C=O) groups is 1. The summed E-state index contributed by atoms with van der Waals surface area (Å²) in [5.74, 6) is 3.97. The van der Waals surface area contributed by atoms with Crippen LogP contribution in [0, 0.1) is 0 Å². The molecule has 3 N–H and O–H groups in total. The van der Waals surface area contributed by atoms with Crippen LogP contribution in [-0.4, -0.2) is 17.3 Å². The van der Waals surface area contributed by atoms with Gasteiger partial charge in [-0.1, -0.05) is 12.1 Å². The van der Waals surface area contributed by atoms with E-state index in [0.29, 0.717) is 0 Å². The maximum atomic E-state index is 10.4. The second kappa shape index (κ2) is 5.16. The highest BCUT2D eigenvalue weighted by Gasteiger charge is 1.99. The number of hydrogen-bond acceptors (Lipinski definition) is 3. The molecule has 0 heterocycles. The van der Waals surface area contributed by atoms with Gasteiger partial charge in [0.05, 0.1) is 11.8 Å². The first-order chi connectivity index (χ1) is 5.74. The van der Waals surface area contributed by atoms with E-state index in [1.165, 1.54) is 18.3 Å². The summed E-state index contributed by atoms with van der Waals surface area (Å²) in [6, 6.07) is 6.28. The van der Waals surface area contributed by atoms with Crippen LogP contribution >= 0.6 is 12.4 Å². The van der Waals surface area contributed by atoms with Gasteiger partial charge in [-0.25, -0.2) is 4.79 Å². The molecule has 0 atom stereocenters. The van der Waals surface area contributed by atoms with Crippen molar-refractivity contribution in [1.82, 2.24) is 0 Å². The second-order valence-electron chi connectivity index (χ2n) is 2.21. The third kappa shape index (κ3) is 3.13. The monoisotopic (exact) mass is 200 g/mol. The summed E-state index contributed by atoms with van der Waals surface area (Å²) in [5, 5.41) is 11.9. The van der Waals surface area contributed by atoms with E-state index in [0.717, 1.165) is 5.56 Å². The number of nitrogens with zero attached hydrogens (tertiary/aromatic N) is 1. The number of rotatable bonds is 2. The minimum absolute atomic E-state index is 0. The zero-order valence-electron chi connectivity index (χ0n) is 6.68.